The third-order valence-corrected chi connectivity index (χ3v) is 3.81. The van der Waals surface area contributed by atoms with Crippen LogP contribution in [0, 0.1) is 11.8 Å². The number of methoxy groups -OCH3 is 1. The predicted octanol–water partition coefficient (Wildman–Crippen LogP) is 4.33. The summed E-state index contributed by atoms with van der Waals surface area (Å²) in [6, 6.07) is 0. The fourth-order valence-electron chi connectivity index (χ4n) is 2.68. The molecule has 0 aromatic carbocycles. The Morgan fingerprint density at radius 3 is 2.30 bits per heavy atom. The molecule has 7 heteroatoms. The Balaban J connectivity index is 2.55. The zero-order chi connectivity index (χ0) is 15.4. The second-order valence-electron chi connectivity index (χ2n) is 5.33. The second kappa shape index (κ2) is 6.72. The predicted molar refractivity (Wildman–Crippen MR) is 62.3 cm³/mol. The summed E-state index contributed by atoms with van der Waals surface area (Å²) in [4.78, 5) is 11.6. The first kappa shape index (κ1) is 17.2. The van der Waals surface area contributed by atoms with E-state index in [9.17, 15) is 26.7 Å². The summed E-state index contributed by atoms with van der Waals surface area (Å²) in [6.07, 6.45) is -5.71. The normalized spacial score (nSPS) is 21.5. The van der Waals surface area contributed by atoms with Crippen LogP contribution < -0.4 is 0 Å². The fraction of sp³-hybridized carbons (Fsp3) is 0.923. The highest BCUT2D eigenvalue weighted by molar-refractivity contribution is 5.72. The highest BCUT2D eigenvalue weighted by Crippen LogP contribution is 2.41. The molecule has 1 rings (SSSR count). The van der Waals surface area contributed by atoms with E-state index >= 15 is 0 Å². The summed E-state index contributed by atoms with van der Waals surface area (Å²) in [5, 5.41) is 0. The molecule has 0 spiro atoms. The van der Waals surface area contributed by atoms with Gasteiger partial charge < -0.3 is 4.74 Å². The summed E-state index contributed by atoms with van der Waals surface area (Å²) in [6.45, 7) is 0. The van der Waals surface area contributed by atoms with Gasteiger partial charge in [-0.2, -0.15) is 13.2 Å². The largest absolute Gasteiger partial charge is 0.469 e. The fourth-order valence-corrected chi connectivity index (χ4v) is 2.68. The number of carbonyl (C=O) groups excluding carboxylic acids is 1. The van der Waals surface area contributed by atoms with Crippen molar-refractivity contribution in [2.45, 2.75) is 57.0 Å². The van der Waals surface area contributed by atoms with Crippen LogP contribution in [-0.2, 0) is 9.53 Å². The summed E-state index contributed by atoms with van der Waals surface area (Å²) in [5.41, 5.74) is 0. The number of halogens is 5. The standard InChI is InChI=1S/C13H19F5O2/c1-20-11(19)10(3-2-6-13(16,17)18)9-4-7-12(14,15)8-5-9/h9-10H,2-8H2,1H3. The Kier molecular flexibility index (Phi) is 5.77. The summed E-state index contributed by atoms with van der Waals surface area (Å²) < 4.78 is 67.1. The van der Waals surface area contributed by atoms with Gasteiger partial charge in [0.25, 0.3) is 0 Å². The lowest BCUT2D eigenvalue weighted by Gasteiger charge is -2.32. The van der Waals surface area contributed by atoms with Crippen LogP contribution in [0.5, 0.6) is 0 Å². The molecule has 1 aliphatic rings. The first-order chi connectivity index (χ1) is 9.14. The van der Waals surface area contributed by atoms with Gasteiger partial charge in [-0.1, -0.05) is 0 Å². The van der Waals surface area contributed by atoms with Crippen LogP contribution in [0.15, 0.2) is 0 Å². The van der Waals surface area contributed by atoms with Crippen molar-refractivity contribution in [3.8, 4) is 0 Å². The zero-order valence-corrected chi connectivity index (χ0v) is 11.3. The molecule has 0 bridgehead atoms. The van der Waals surface area contributed by atoms with Crippen LogP contribution in [-0.4, -0.2) is 25.2 Å². The lowest BCUT2D eigenvalue weighted by atomic mass is 9.76. The number of hydrogen-bond donors (Lipinski definition) is 0. The molecule has 20 heavy (non-hydrogen) atoms. The molecule has 1 atom stereocenters. The number of esters is 1. The SMILES string of the molecule is COC(=O)C(CCCC(F)(F)F)C1CCC(F)(F)CC1. The molecule has 0 aromatic heterocycles. The Morgan fingerprint density at radius 1 is 1.30 bits per heavy atom. The molecule has 118 valence electrons. The van der Waals surface area contributed by atoms with Crippen molar-refractivity contribution in [2.75, 3.05) is 7.11 Å². The highest BCUT2D eigenvalue weighted by atomic mass is 19.4. The van der Waals surface area contributed by atoms with Crippen LogP contribution in [0.3, 0.4) is 0 Å². The quantitative estimate of drug-likeness (QED) is 0.558. The third-order valence-electron chi connectivity index (χ3n) is 3.81. The first-order valence-corrected chi connectivity index (χ1v) is 6.67. The van der Waals surface area contributed by atoms with Crippen LogP contribution in [0.4, 0.5) is 22.0 Å². The third kappa shape index (κ3) is 5.63. The summed E-state index contributed by atoms with van der Waals surface area (Å²) >= 11 is 0. The Labute approximate surface area is 114 Å². The maximum atomic E-state index is 13.1. The van der Waals surface area contributed by atoms with Crippen LogP contribution >= 0.6 is 0 Å². The van der Waals surface area contributed by atoms with Gasteiger partial charge in [-0.3, -0.25) is 4.79 Å². The van der Waals surface area contributed by atoms with E-state index in [-0.39, 0.29) is 44.4 Å². The number of alkyl halides is 5. The van der Waals surface area contributed by atoms with E-state index in [1.54, 1.807) is 0 Å². The highest BCUT2D eigenvalue weighted by Gasteiger charge is 2.40. The van der Waals surface area contributed by atoms with Crippen molar-refractivity contribution in [1.82, 2.24) is 0 Å². The van der Waals surface area contributed by atoms with Crippen molar-refractivity contribution in [1.29, 1.82) is 0 Å². The van der Waals surface area contributed by atoms with E-state index in [0.29, 0.717) is 0 Å². The Bertz CT molecular complexity index is 317. The summed E-state index contributed by atoms with van der Waals surface area (Å²) in [7, 11) is 1.16. The molecule has 1 saturated carbocycles. The van der Waals surface area contributed by atoms with Crippen molar-refractivity contribution >= 4 is 5.97 Å². The van der Waals surface area contributed by atoms with Gasteiger partial charge in [0.15, 0.2) is 0 Å². The summed E-state index contributed by atoms with van der Waals surface area (Å²) in [5.74, 6) is -4.33. The molecule has 1 unspecified atom stereocenters. The molecule has 0 aliphatic heterocycles. The van der Waals surface area contributed by atoms with Crippen LogP contribution in [0.2, 0.25) is 0 Å². The van der Waals surface area contributed by atoms with Crippen molar-refractivity contribution in [3.63, 3.8) is 0 Å². The molecule has 0 N–H and O–H groups in total. The average molecular weight is 302 g/mol. The van der Waals surface area contributed by atoms with E-state index < -0.39 is 30.4 Å². The monoisotopic (exact) mass is 302 g/mol. The average Bonchev–Trinajstić information content (AvgIpc) is 2.33. The van der Waals surface area contributed by atoms with Crippen LogP contribution in [0.1, 0.15) is 44.9 Å². The minimum atomic E-state index is -4.26. The van der Waals surface area contributed by atoms with Gasteiger partial charge in [-0.15, -0.1) is 0 Å². The molecule has 1 aliphatic carbocycles. The lowest BCUT2D eigenvalue weighted by Crippen LogP contribution is -2.32. The van der Waals surface area contributed by atoms with E-state index in [0.717, 1.165) is 7.11 Å². The van der Waals surface area contributed by atoms with Gasteiger partial charge >= 0.3 is 12.1 Å². The molecular weight excluding hydrogens is 283 g/mol. The maximum absolute atomic E-state index is 13.1. The molecule has 1 fully saturated rings. The molecule has 2 nitrogen and oxygen atoms in total. The minimum absolute atomic E-state index is 0.0302. The topological polar surface area (TPSA) is 26.3 Å². The van der Waals surface area contributed by atoms with Crippen LogP contribution in [0.25, 0.3) is 0 Å². The number of ether oxygens (including phenoxy) is 1. The van der Waals surface area contributed by atoms with E-state index in [1.165, 1.54) is 0 Å². The van der Waals surface area contributed by atoms with Crippen molar-refractivity contribution in [2.24, 2.45) is 11.8 Å². The van der Waals surface area contributed by atoms with E-state index in [1.807, 2.05) is 0 Å². The lowest BCUT2D eigenvalue weighted by molar-refractivity contribution is -0.152. The van der Waals surface area contributed by atoms with Gasteiger partial charge in [0.2, 0.25) is 5.92 Å². The van der Waals surface area contributed by atoms with Gasteiger partial charge in [-0.25, -0.2) is 8.78 Å². The number of hydrogen-bond acceptors (Lipinski definition) is 2. The first-order valence-electron chi connectivity index (χ1n) is 6.67. The van der Waals surface area contributed by atoms with Gasteiger partial charge in [-0.05, 0) is 31.6 Å². The maximum Gasteiger partial charge on any atom is 0.389 e. The molecular formula is C13H19F5O2. The molecule has 0 saturated heterocycles. The zero-order valence-electron chi connectivity index (χ0n) is 11.3. The Morgan fingerprint density at radius 2 is 1.85 bits per heavy atom. The van der Waals surface area contributed by atoms with E-state index in [4.69, 9.17) is 0 Å². The number of carbonyl (C=O) groups is 1. The minimum Gasteiger partial charge on any atom is -0.469 e. The molecule has 0 heterocycles. The van der Waals surface area contributed by atoms with Crippen molar-refractivity contribution in [3.05, 3.63) is 0 Å². The van der Waals surface area contributed by atoms with Crippen molar-refractivity contribution < 1.29 is 31.5 Å². The molecule has 0 amide bonds. The van der Waals surface area contributed by atoms with Gasteiger partial charge in [0.05, 0.1) is 13.0 Å². The van der Waals surface area contributed by atoms with Gasteiger partial charge in [0.1, 0.15) is 0 Å². The molecule has 0 aromatic rings. The molecule has 0 radical (unpaired) electrons. The Hall–Kier alpha value is -0.880. The smallest absolute Gasteiger partial charge is 0.389 e. The second-order valence-corrected chi connectivity index (χ2v) is 5.33. The van der Waals surface area contributed by atoms with E-state index in [2.05, 4.69) is 4.74 Å². The number of rotatable bonds is 5. The van der Waals surface area contributed by atoms with Gasteiger partial charge in [0, 0.05) is 19.3 Å².